The van der Waals surface area contributed by atoms with E-state index >= 15 is 0 Å². The largest absolute Gasteiger partial charge is 0.416 e. The van der Waals surface area contributed by atoms with Gasteiger partial charge >= 0.3 is 6.18 Å². The molecular formula is C28H31F3N6O2S. The zero-order valence-electron chi connectivity index (χ0n) is 22.3. The van der Waals surface area contributed by atoms with Gasteiger partial charge in [0, 0.05) is 55.6 Å². The van der Waals surface area contributed by atoms with Crippen molar-refractivity contribution < 1.29 is 22.8 Å². The van der Waals surface area contributed by atoms with E-state index in [1.807, 2.05) is 18.9 Å². The van der Waals surface area contributed by atoms with E-state index in [4.69, 9.17) is 5.73 Å². The number of carbonyl (C=O) groups is 2. The van der Waals surface area contributed by atoms with Crippen molar-refractivity contribution in [1.82, 2.24) is 14.8 Å². The molecule has 1 aliphatic carbocycles. The maximum Gasteiger partial charge on any atom is 0.416 e. The summed E-state index contributed by atoms with van der Waals surface area (Å²) < 4.78 is 42.0. The van der Waals surface area contributed by atoms with Gasteiger partial charge in [0.1, 0.15) is 4.88 Å². The monoisotopic (exact) mass is 572 g/mol. The van der Waals surface area contributed by atoms with Gasteiger partial charge in [0.05, 0.1) is 11.3 Å². The van der Waals surface area contributed by atoms with Crippen molar-refractivity contribution in [2.75, 3.05) is 43.9 Å². The molecule has 5 rings (SSSR count). The van der Waals surface area contributed by atoms with Crippen LogP contribution in [0.5, 0.6) is 0 Å². The number of benzene rings is 2. The topological polar surface area (TPSA) is 104 Å². The molecule has 12 heteroatoms. The van der Waals surface area contributed by atoms with Gasteiger partial charge < -0.3 is 21.3 Å². The Morgan fingerprint density at radius 2 is 1.82 bits per heavy atom. The Labute approximate surface area is 234 Å². The summed E-state index contributed by atoms with van der Waals surface area (Å²) in [4.78, 5) is 34.3. The first kappa shape index (κ1) is 28.1. The van der Waals surface area contributed by atoms with Crippen LogP contribution in [0.25, 0.3) is 11.3 Å². The van der Waals surface area contributed by atoms with Gasteiger partial charge in [0.15, 0.2) is 5.13 Å². The van der Waals surface area contributed by atoms with Crippen LogP contribution in [0, 0.1) is 6.92 Å². The minimum absolute atomic E-state index is 0.0454. The number of hydrogen-bond donors (Lipinski definition) is 3. The van der Waals surface area contributed by atoms with Crippen molar-refractivity contribution in [2.24, 2.45) is 5.73 Å². The number of rotatable bonds is 8. The van der Waals surface area contributed by atoms with Gasteiger partial charge in [0.2, 0.25) is 0 Å². The zero-order valence-corrected chi connectivity index (χ0v) is 23.1. The third-order valence-corrected chi connectivity index (χ3v) is 8.17. The number of likely N-dealkylation sites (N-methyl/N-ethyl adjacent to an activating group) is 1. The number of nitrogens with zero attached hydrogens (tertiary/aromatic N) is 3. The van der Waals surface area contributed by atoms with Crippen molar-refractivity contribution in [3.63, 3.8) is 0 Å². The lowest BCUT2D eigenvalue weighted by Crippen LogP contribution is -2.44. The van der Waals surface area contributed by atoms with E-state index in [9.17, 15) is 22.8 Å². The number of carbonyl (C=O) groups excluding carboxylic acids is 2. The van der Waals surface area contributed by atoms with Gasteiger partial charge in [-0.3, -0.25) is 14.5 Å². The summed E-state index contributed by atoms with van der Waals surface area (Å²) in [6, 6.07) is 9.12. The fourth-order valence-electron chi connectivity index (χ4n) is 4.66. The van der Waals surface area contributed by atoms with Crippen LogP contribution in [-0.4, -0.2) is 65.9 Å². The predicted molar refractivity (Wildman–Crippen MR) is 150 cm³/mol. The van der Waals surface area contributed by atoms with Gasteiger partial charge in [-0.25, -0.2) is 4.98 Å². The molecule has 1 saturated heterocycles. The normalized spacial score (nSPS) is 16.6. The molecule has 3 aromatic rings. The van der Waals surface area contributed by atoms with E-state index < -0.39 is 23.6 Å². The molecule has 0 bridgehead atoms. The minimum Gasteiger partial charge on any atom is -0.365 e. The lowest BCUT2D eigenvalue weighted by Gasteiger charge is -2.33. The first-order valence-electron chi connectivity index (χ1n) is 13.1. The van der Waals surface area contributed by atoms with Crippen LogP contribution in [0.3, 0.4) is 0 Å². The van der Waals surface area contributed by atoms with Gasteiger partial charge in [-0.15, -0.1) is 0 Å². The number of halogens is 3. The zero-order chi connectivity index (χ0) is 28.6. The lowest BCUT2D eigenvalue weighted by atomic mass is 10.0. The van der Waals surface area contributed by atoms with Crippen molar-refractivity contribution in [2.45, 2.75) is 38.5 Å². The highest BCUT2D eigenvalue weighted by Gasteiger charge is 2.34. The van der Waals surface area contributed by atoms with E-state index in [2.05, 4.69) is 20.5 Å². The summed E-state index contributed by atoms with van der Waals surface area (Å²) in [5, 5.41) is 6.45. The molecule has 2 aliphatic rings. The van der Waals surface area contributed by atoms with Crippen molar-refractivity contribution in [3.8, 4) is 11.3 Å². The molecule has 0 radical (unpaired) electrons. The van der Waals surface area contributed by atoms with Crippen LogP contribution in [0.15, 0.2) is 36.4 Å². The summed E-state index contributed by atoms with van der Waals surface area (Å²) >= 11 is 1.16. The highest BCUT2D eigenvalue weighted by Crippen LogP contribution is 2.37. The number of amides is 2. The molecule has 0 unspecified atom stereocenters. The van der Waals surface area contributed by atoms with E-state index in [0.29, 0.717) is 35.5 Å². The van der Waals surface area contributed by atoms with Crippen molar-refractivity contribution in [3.05, 3.63) is 63.5 Å². The fraction of sp³-hybridized carbons (Fsp3) is 0.393. The molecule has 2 heterocycles. The third-order valence-electron chi connectivity index (χ3n) is 7.17. The van der Waals surface area contributed by atoms with E-state index in [1.165, 1.54) is 12.1 Å². The maximum absolute atomic E-state index is 14.0. The summed E-state index contributed by atoms with van der Waals surface area (Å²) in [5.74, 6) is -1.20. The molecule has 40 heavy (non-hydrogen) atoms. The Balaban J connectivity index is 1.38. The molecule has 1 aliphatic heterocycles. The van der Waals surface area contributed by atoms with Gasteiger partial charge in [-0.05, 0) is 62.2 Å². The Kier molecular flexibility index (Phi) is 7.85. The standard InChI is InChI=1S/C28H31F3N6O2S/c1-16-3-4-17(13-21(16)23-24(25(32)38)40-27(35-23)34-19-7-8-19)26(39)33-20-6-5-18(22(14-20)28(29,30)31)15-37-11-9-36(2)10-12-37/h3-6,13-14,19H,7-12,15H2,1-2H3,(H2,32,38)(H,33,39)(H,34,35). The first-order valence-corrected chi connectivity index (χ1v) is 13.9. The third kappa shape index (κ3) is 6.45. The average molecular weight is 573 g/mol. The van der Waals surface area contributed by atoms with Crippen LogP contribution in [0.4, 0.5) is 24.0 Å². The van der Waals surface area contributed by atoms with Crippen LogP contribution in [0.1, 0.15) is 49.6 Å². The number of piperazine rings is 1. The van der Waals surface area contributed by atoms with E-state index in [0.717, 1.165) is 48.9 Å². The van der Waals surface area contributed by atoms with E-state index in [1.54, 1.807) is 18.2 Å². The number of anilines is 2. The molecule has 0 spiro atoms. The summed E-state index contributed by atoms with van der Waals surface area (Å²) in [6.45, 7) is 4.99. The molecule has 0 atom stereocenters. The molecule has 2 amide bonds. The Morgan fingerprint density at radius 1 is 1.10 bits per heavy atom. The Bertz CT molecular complexity index is 1430. The molecule has 8 nitrogen and oxygen atoms in total. The molecule has 1 aromatic heterocycles. The van der Waals surface area contributed by atoms with Crippen LogP contribution in [-0.2, 0) is 12.7 Å². The van der Waals surface area contributed by atoms with Gasteiger partial charge in [0.25, 0.3) is 11.8 Å². The number of primary amides is 1. The highest BCUT2D eigenvalue weighted by molar-refractivity contribution is 7.18. The summed E-state index contributed by atoms with van der Waals surface area (Å²) in [5.41, 5.74) is 6.99. The highest BCUT2D eigenvalue weighted by atomic mass is 32.1. The maximum atomic E-state index is 14.0. The smallest absolute Gasteiger partial charge is 0.365 e. The second kappa shape index (κ2) is 11.2. The fourth-order valence-corrected chi connectivity index (χ4v) is 5.57. The Hall–Kier alpha value is -3.48. The summed E-state index contributed by atoms with van der Waals surface area (Å²) in [6.07, 6.45) is -2.51. The molecule has 2 fully saturated rings. The van der Waals surface area contributed by atoms with Crippen LogP contribution >= 0.6 is 11.3 Å². The number of nitrogens with two attached hydrogens (primary N) is 1. The molecule has 4 N–H and O–H groups in total. The van der Waals surface area contributed by atoms with Crippen molar-refractivity contribution in [1.29, 1.82) is 0 Å². The number of thiazole rings is 1. The van der Waals surface area contributed by atoms with Crippen LogP contribution in [0.2, 0.25) is 0 Å². The SMILES string of the molecule is Cc1ccc(C(=O)Nc2ccc(CN3CCN(C)CC3)c(C(F)(F)F)c2)cc1-c1nc(NC2CC2)sc1C(N)=O. The second-order valence-electron chi connectivity index (χ2n) is 10.4. The molecule has 2 aromatic carbocycles. The molecular weight excluding hydrogens is 541 g/mol. The quantitative estimate of drug-likeness (QED) is 0.358. The van der Waals surface area contributed by atoms with Gasteiger partial charge in [-0.1, -0.05) is 23.5 Å². The van der Waals surface area contributed by atoms with Crippen molar-refractivity contribution >= 4 is 34.0 Å². The second-order valence-corrected chi connectivity index (χ2v) is 11.4. The average Bonchev–Trinajstić information content (AvgIpc) is 3.61. The lowest BCUT2D eigenvalue weighted by molar-refractivity contribution is -0.138. The number of aromatic nitrogens is 1. The molecule has 1 saturated carbocycles. The van der Waals surface area contributed by atoms with Crippen LogP contribution < -0.4 is 16.4 Å². The van der Waals surface area contributed by atoms with Gasteiger partial charge in [-0.2, -0.15) is 13.2 Å². The first-order chi connectivity index (χ1) is 19.0. The number of nitrogens with one attached hydrogen (secondary N) is 2. The predicted octanol–water partition coefficient (Wildman–Crippen LogP) is 4.81. The number of hydrogen-bond acceptors (Lipinski definition) is 7. The minimum atomic E-state index is -4.57. The summed E-state index contributed by atoms with van der Waals surface area (Å²) in [7, 11) is 1.99. The number of aryl methyl sites for hydroxylation is 1. The molecule has 212 valence electrons. The Morgan fingerprint density at radius 3 is 2.48 bits per heavy atom. The number of alkyl halides is 3. The van der Waals surface area contributed by atoms with E-state index in [-0.39, 0.29) is 28.2 Å².